The quantitative estimate of drug-likeness (QED) is 0.676. The second-order valence-corrected chi connectivity index (χ2v) is 8.92. The Bertz CT molecular complexity index is 1020. The summed E-state index contributed by atoms with van der Waals surface area (Å²) in [6, 6.07) is 7.07. The summed E-state index contributed by atoms with van der Waals surface area (Å²) in [5.41, 5.74) is 3.63. The molecule has 8 heteroatoms. The van der Waals surface area contributed by atoms with E-state index in [0.717, 1.165) is 44.1 Å². The van der Waals surface area contributed by atoms with Crippen molar-refractivity contribution < 1.29 is 9.18 Å². The molecule has 32 heavy (non-hydrogen) atoms. The number of rotatable bonds is 6. The minimum Gasteiger partial charge on any atom is -0.363 e. The molecule has 0 unspecified atom stereocenters. The lowest BCUT2D eigenvalue weighted by molar-refractivity contribution is -0.127. The molecule has 1 aromatic heterocycles. The van der Waals surface area contributed by atoms with Crippen LogP contribution in [0.15, 0.2) is 37.1 Å². The first kappa shape index (κ1) is 20.9. The van der Waals surface area contributed by atoms with E-state index in [-0.39, 0.29) is 17.8 Å². The normalized spacial score (nSPS) is 21.0. The fourth-order valence-corrected chi connectivity index (χ4v) is 4.68. The Kier molecular flexibility index (Phi) is 5.78. The van der Waals surface area contributed by atoms with Crippen LogP contribution in [0.4, 0.5) is 21.8 Å². The summed E-state index contributed by atoms with van der Waals surface area (Å²) in [6.45, 7) is 6.87. The minimum atomic E-state index is -0.506. The Hall–Kier alpha value is -3.00. The zero-order valence-electron chi connectivity index (χ0n) is 18.2. The summed E-state index contributed by atoms with van der Waals surface area (Å²) in [5.74, 6) is -0.111. The average Bonchev–Trinajstić information content (AvgIpc) is 3.66. The third kappa shape index (κ3) is 4.60. The molecule has 1 atom stereocenters. The van der Waals surface area contributed by atoms with Crippen molar-refractivity contribution in [3.05, 3.63) is 54.0 Å². The molecular weight excluding hydrogens is 407 g/mol. The van der Waals surface area contributed by atoms with Gasteiger partial charge in [0.15, 0.2) is 11.6 Å². The number of anilines is 3. The number of nitrogens with zero attached hydrogens (tertiary/aromatic N) is 4. The van der Waals surface area contributed by atoms with E-state index in [2.05, 4.69) is 44.2 Å². The van der Waals surface area contributed by atoms with E-state index in [1.54, 1.807) is 4.90 Å². The van der Waals surface area contributed by atoms with Crippen LogP contribution in [0.2, 0.25) is 0 Å². The SMILES string of the molecule is C=CC(=O)N1CCC[C@@H](Nc2nc(Nc3ccc4c(c3)CCN(C3CC3)C4)ncc2F)C1. The Labute approximate surface area is 187 Å². The van der Waals surface area contributed by atoms with E-state index in [1.165, 1.54) is 36.2 Å². The molecule has 0 radical (unpaired) electrons. The van der Waals surface area contributed by atoms with Crippen molar-refractivity contribution in [2.75, 3.05) is 30.3 Å². The van der Waals surface area contributed by atoms with Gasteiger partial charge in [-0.3, -0.25) is 9.69 Å². The first-order valence-corrected chi connectivity index (χ1v) is 11.4. The summed E-state index contributed by atoms with van der Waals surface area (Å²) < 4.78 is 14.4. The summed E-state index contributed by atoms with van der Waals surface area (Å²) in [7, 11) is 0. The van der Waals surface area contributed by atoms with Crippen LogP contribution < -0.4 is 10.6 Å². The first-order chi connectivity index (χ1) is 15.6. The van der Waals surface area contributed by atoms with Gasteiger partial charge in [-0.1, -0.05) is 12.6 Å². The van der Waals surface area contributed by atoms with Gasteiger partial charge in [0.05, 0.1) is 6.20 Å². The number of halogens is 1. The van der Waals surface area contributed by atoms with Gasteiger partial charge in [0.2, 0.25) is 11.9 Å². The van der Waals surface area contributed by atoms with Gasteiger partial charge in [-0.15, -0.1) is 0 Å². The van der Waals surface area contributed by atoms with Crippen LogP contribution in [-0.4, -0.2) is 57.4 Å². The predicted molar refractivity (Wildman–Crippen MR) is 122 cm³/mol. The molecule has 3 heterocycles. The predicted octanol–water partition coefficient (Wildman–Crippen LogP) is 3.47. The molecule has 1 amide bonds. The van der Waals surface area contributed by atoms with E-state index in [9.17, 15) is 9.18 Å². The van der Waals surface area contributed by atoms with Crippen molar-refractivity contribution in [1.82, 2.24) is 19.8 Å². The Morgan fingerprint density at radius 2 is 2.09 bits per heavy atom. The molecule has 2 N–H and O–H groups in total. The highest BCUT2D eigenvalue weighted by Crippen LogP contribution is 2.32. The van der Waals surface area contributed by atoms with Crippen molar-refractivity contribution >= 4 is 23.4 Å². The first-order valence-electron chi connectivity index (χ1n) is 11.4. The molecule has 168 valence electrons. The largest absolute Gasteiger partial charge is 0.363 e. The van der Waals surface area contributed by atoms with Crippen LogP contribution in [0.1, 0.15) is 36.8 Å². The lowest BCUT2D eigenvalue weighted by Gasteiger charge is -2.32. The van der Waals surface area contributed by atoms with E-state index in [1.807, 2.05) is 6.07 Å². The van der Waals surface area contributed by atoms with Gasteiger partial charge in [-0.2, -0.15) is 4.98 Å². The Balaban J connectivity index is 1.26. The van der Waals surface area contributed by atoms with Crippen molar-refractivity contribution in [2.45, 2.75) is 50.7 Å². The van der Waals surface area contributed by atoms with E-state index < -0.39 is 5.82 Å². The number of carbonyl (C=O) groups excluding carboxylic acids is 1. The van der Waals surface area contributed by atoms with Crippen molar-refractivity contribution in [3.8, 4) is 0 Å². The maximum Gasteiger partial charge on any atom is 0.246 e. The molecule has 0 spiro atoms. The van der Waals surface area contributed by atoms with Crippen molar-refractivity contribution in [2.24, 2.45) is 0 Å². The number of likely N-dealkylation sites (tertiary alicyclic amines) is 1. The molecule has 2 aromatic rings. The highest BCUT2D eigenvalue weighted by molar-refractivity contribution is 5.87. The van der Waals surface area contributed by atoms with E-state index >= 15 is 0 Å². The Morgan fingerprint density at radius 1 is 1.22 bits per heavy atom. The number of hydrogen-bond acceptors (Lipinski definition) is 6. The number of aromatic nitrogens is 2. The third-order valence-corrected chi connectivity index (χ3v) is 6.56. The van der Waals surface area contributed by atoms with Gasteiger partial charge in [-0.25, -0.2) is 9.37 Å². The van der Waals surface area contributed by atoms with Crippen molar-refractivity contribution in [1.29, 1.82) is 0 Å². The topological polar surface area (TPSA) is 73.4 Å². The van der Waals surface area contributed by atoms with E-state index in [4.69, 9.17) is 0 Å². The molecule has 1 saturated carbocycles. The number of fused-ring (bicyclic) bond motifs is 1. The number of piperidine rings is 1. The molecule has 3 aliphatic rings. The minimum absolute atomic E-state index is 0.0666. The fraction of sp³-hybridized carbons (Fsp3) is 0.458. The van der Waals surface area contributed by atoms with Gasteiger partial charge in [0, 0.05) is 44.0 Å². The van der Waals surface area contributed by atoms with Gasteiger partial charge >= 0.3 is 0 Å². The maximum absolute atomic E-state index is 14.4. The zero-order valence-corrected chi connectivity index (χ0v) is 18.2. The van der Waals surface area contributed by atoms with Crippen LogP contribution in [0.25, 0.3) is 0 Å². The van der Waals surface area contributed by atoms with Crippen LogP contribution >= 0.6 is 0 Å². The van der Waals surface area contributed by atoms with Crippen LogP contribution in [-0.2, 0) is 17.8 Å². The van der Waals surface area contributed by atoms with Crippen LogP contribution in [0.3, 0.4) is 0 Å². The highest BCUT2D eigenvalue weighted by atomic mass is 19.1. The molecule has 0 bridgehead atoms. The molecule has 1 saturated heterocycles. The summed E-state index contributed by atoms with van der Waals surface area (Å²) >= 11 is 0. The van der Waals surface area contributed by atoms with Gasteiger partial charge in [-0.05, 0) is 61.4 Å². The molecule has 1 aliphatic carbocycles. The average molecular weight is 437 g/mol. The summed E-state index contributed by atoms with van der Waals surface area (Å²) in [6.07, 6.45) is 7.89. The second kappa shape index (κ2) is 8.86. The number of amides is 1. The second-order valence-electron chi connectivity index (χ2n) is 8.92. The molecular formula is C24H29FN6O. The van der Waals surface area contributed by atoms with Gasteiger partial charge in [0.25, 0.3) is 0 Å². The van der Waals surface area contributed by atoms with Gasteiger partial charge in [0.1, 0.15) is 0 Å². The highest BCUT2D eigenvalue weighted by Gasteiger charge is 2.31. The Morgan fingerprint density at radius 3 is 2.91 bits per heavy atom. The lowest BCUT2D eigenvalue weighted by Crippen LogP contribution is -2.44. The third-order valence-electron chi connectivity index (χ3n) is 6.56. The van der Waals surface area contributed by atoms with Crippen LogP contribution in [0, 0.1) is 5.82 Å². The summed E-state index contributed by atoms with van der Waals surface area (Å²) in [4.78, 5) is 24.7. The van der Waals surface area contributed by atoms with Crippen molar-refractivity contribution in [3.63, 3.8) is 0 Å². The zero-order chi connectivity index (χ0) is 22.1. The molecule has 5 rings (SSSR count). The van der Waals surface area contributed by atoms with Crippen LogP contribution in [0.5, 0.6) is 0 Å². The van der Waals surface area contributed by atoms with Gasteiger partial charge < -0.3 is 15.5 Å². The number of nitrogens with one attached hydrogen (secondary N) is 2. The molecule has 7 nitrogen and oxygen atoms in total. The molecule has 2 aliphatic heterocycles. The smallest absolute Gasteiger partial charge is 0.246 e. The lowest BCUT2D eigenvalue weighted by atomic mass is 9.99. The summed E-state index contributed by atoms with van der Waals surface area (Å²) in [5, 5.41) is 6.38. The maximum atomic E-state index is 14.4. The number of hydrogen-bond donors (Lipinski definition) is 2. The standard InChI is InChI=1S/C24H29FN6O/c1-2-22(32)31-10-3-4-19(15-31)27-23-21(25)13-26-24(29-23)28-18-6-5-17-14-30(20-7-8-20)11-9-16(17)12-18/h2,5-6,12-13,19-20H,1,3-4,7-11,14-15H2,(H2,26,27,28,29)/t19-/m1/s1. The van der Waals surface area contributed by atoms with E-state index in [0.29, 0.717) is 19.0 Å². The number of carbonyl (C=O) groups is 1. The molecule has 1 aromatic carbocycles. The molecule has 2 fully saturated rings. The monoisotopic (exact) mass is 436 g/mol. The number of benzene rings is 1. The fourth-order valence-electron chi connectivity index (χ4n) is 4.68.